The third-order valence-corrected chi connectivity index (χ3v) is 14.8. The second-order valence-electron chi connectivity index (χ2n) is 5.41. The first-order valence-electron chi connectivity index (χ1n) is 6.92. The molecule has 3 heteroatoms. The SMILES string of the molecule is Cl.Cl.[CH3][Zr](=[CH]c1ccccc1)([C]1=CC=CC1)[C]1=CC=CC1. The van der Waals surface area contributed by atoms with Gasteiger partial charge >= 0.3 is 120 Å². The molecule has 21 heavy (non-hydrogen) atoms. The molecule has 0 radical (unpaired) electrons. The average Bonchev–Trinajstić information content (AvgIpc) is 3.14. The molecule has 111 valence electrons. The van der Waals surface area contributed by atoms with Gasteiger partial charge in [0.1, 0.15) is 0 Å². The van der Waals surface area contributed by atoms with E-state index in [1.54, 1.807) is 6.56 Å². The van der Waals surface area contributed by atoms with Gasteiger partial charge in [0, 0.05) is 0 Å². The molecule has 0 aliphatic heterocycles. The van der Waals surface area contributed by atoms with Gasteiger partial charge in [0.2, 0.25) is 0 Å². The third kappa shape index (κ3) is 4.03. The maximum absolute atomic E-state index is 2.62. The van der Waals surface area contributed by atoms with Crippen molar-refractivity contribution >= 4 is 28.5 Å². The molecular weight excluding hydrogens is 378 g/mol. The van der Waals surface area contributed by atoms with Crippen LogP contribution >= 0.6 is 24.8 Å². The third-order valence-electron chi connectivity index (χ3n) is 4.13. The van der Waals surface area contributed by atoms with Gasteiger partial charge < -0.3 is 0 Å². The van der Waals surface area contributed by atoms with Crippen molar-refractivity contribution in [1.82, 2.24) is 0 Å². The Morgan fingerprint density at radius 1 is 0.857 bits per heavy atom. The normalized spacial score (nSPS) is 15.9. The van der Waals surface area contributed by atoms with Gasteiger partial charge in [-0.1, -0.05) is 0 Å². The summed E-state index contributed by atoms with van der Waals surface area (Å²) < 4.78 is 8.58. The van der Waals surface area contributed by atoms with Crippen LogP contribution in [-0.4, -0.2) is 3.71 Å². The molecule has 0 unspecified atom stereocenters. The molecule has 1 aromatic rings. The van der Waals surface area contributed by atoms with Crippen LogP contribution in [0.5, 0.6) is 0 Å². The summed E-state index contributed by atoms with van der Waals surface area (Å²) in [4.78, 5) is 0. The minimum atomic E-state index is -2.52. The van der Waals surface area contributed by atoms with Crippen LogP contribution in [0.2, 0.25) is 4.63 Å². The Morgan fingerprint density at radius 3 is 1.81 bits per heavy atom. The van der Waals surface area contributed by atoms with Gasteiger partial charge in [0.25, 0.3) is 0 Å². The number of rotatable bonds is 3. The fourth-order valence-electron chi connectivity index (χ4n) is 2.94. The predicted molar refractivity (Wildman–Crippen MR) is 95.6 cm³/mol. The van der Waals surface area contributed by atoms with E-state index in [-0.39, 0.29) is 24.8 Å². The van der Waals surface area contributed by atoms with E-state index in [9.17, 15) is 0 Å². The van der Waals surface area contributed by atoms with Gasteiger partial charge in [-0.15, -0.1) is 24.8 Å². The van der Waals surface area contributed by atoms with Gasteiger partial charge in [0.15, 0.2) is 0 Å². The summed E-state index contributed by atoms with van der Waals surface area (Å²) in [6.45, 7) is 0. The van der Waals surface area contributed by atoms with Gasteiger partial charge in [-0.2, -0.15) is 0 Å². The Morgan fingerprint density at radius 2 is 1.38 bits per heavy atom. The standard InChI is InChI=1S/C7H6.2C5H5.CH3.2ClH.Zr/c1-7-5-3-2-4-6-7;2*1-2-4-5-3-1;;;;/h1-6H;2*1-3H,4H2;1H3;2*1H;. The topological polar surface area (TPSA) is 0 Å². The van der Waals surface area contributed by atoms with E-state index >= 15 is 0 Å². The number of hydrogen-bond donors (Lipinski definition) is 0. The van der Waals surface area contributed by atoms with Gasteiger partial charge in [0.05, 0.1) is 0 Å². The molecule has 3 rings (SSSR count). The average molecular weight is 399 g/mol. The van der Waals surface area contributed by atoms with Gasteiger partial charge in [-0.3, -0.25) is 0 Å². The summed E-state index contributed by atoms with van der Waals surface area (Å²) in [6, 6.07) is 10.8. The molecule has 0 amide bonds. The Hall–Kier alpha value is -0.487. The number of hydrogen-bond acceptors (Lipinski definition) is 0. The van der Waals surface area contributed by atoms with Crippen molar-refractivity contribution in [2.24, 2.45) is 0 Å². The molecule has 0 saturated carbocycles. The van der Waals surface area contributed by atoms with Crippen LogP contribution in [0, 0.1) is 0 Å². The van der Waals surface area contributed by atoms with Crippen molar-refractivity contribution in [2.75, 3.05) is 0 Å². The molecule has 1 aromatic carbocycles. The van der Waals surface area contributed by atoms with E-state index in [0.717, 1.165) is 12.8 Å². The molecule has 2 aliphatic rings. The maximum atomic E-state index is 2.62. The van der Waals surface area contributed by atoms with Crippen molar-refractivity contribution in [3.05, 3.63) is 78.9 Å². The molecule has 0 aromatic heterocycles. The Kier molecular flexibility index (Phi) is 7.27. The fraction of sp³-hybridized carbons (Fsp3) is 0.167. The summed E-state index contributed by atoms with van der Waals surface area (Å²) in [5.74, 6) is 0. The van der Waals surface area contributed by atoms with Crippen LogP contribution in [0.4, 0.5) is 0 Å². The zero-order valence-electron chi connectivity index (χ0n) is 12.2. The minimum absolute atomic E-state index is 0. The summed E-state index contributed by atoms with van der Waals surface area (Å²) in [7, 11) is 0. The zero-order chi connectivity index (χ0) is 13.1. The van der Waals surface area contributed by atoms with Crippen LogP contribution in [0.15, 0.2) is 73.3 Å². The molecular formula is C18H21Cl2Zr. The van der Waals surface area contributed by atoms with Crippen molar-refractivity contribution in [1.29, 1.82) is 0 Å². The summed E-state index contributed by atoms with van der Waals surface area (Å²) in [6.07, 6.45) is 16.1. The van der Waals surface area contributed by atoms with E-state index in [1.165, 1.54) is 5.56 Å². The van der Waals surface area contributed by atoms with Gasteiger partial charge in [-0.05, 0) is 0 Å². The van der Waals surface area contributed by atoms with E-state index < -0.39 is 19.8 Å². The molecule has 0 nitrogen and oxygen atoms in total. The van der Waals surface area contributed by atoms with Crippen LogP contribution in [0.3, 0.4) is 0 Å². The summed E-state index contributed by atoms with van der Waals surface area (Å²) in [5.41, 5.74) is 1.39. The molecule has 0 N–H and O–H groups in total. The molecule has 2 aliphatic carbocycles. The van der Waals surface area contributed by atoms with E-state index in [4.69, 9.17) is 0 Å². The Balaban J connectivity index is 0.00000110. The van der Waals surface area contributed by atoms with E-state index in [1.807, 2.05) is 0 Å². The summed E-state index contributed by atoms with van der Waals surface area (Å²) >= 11 is -2.52. The molecule has 0 bridgehead atoms. The molecule has 0 fully saturated rings. The summed E-state index contributed by atoms with van der Waals surface area (Å²) in [5, 5.41) is 0. The van der Waals surface area contributed by atoms with E-state index in [2.05, 4.69) is 75.1 Å². The van der Waals surface area contributed by atoms with Crippen molar-refractivity contribution < 1.29 is 19.8 Å². The monoisotopic (exact) mass is 397 g/mol. The van der Waals surface area contributed by atoms with Crippen LogP contribution in [0.1, 0.15) is 18.4 Å². The molecule has 0 spiro atoms. The van der Waals surface area contributed by atoms with Crippen molar-refractivity contribution in [3.63, 3.8) is 0 Å². The first kappa shape index (κ1) is 18.6. The first-order valence-corrected chi connectivity index (χ1v) is 13.3. The predicted octanol–water partition coefficient (Wildman–Crippen LogP) is 5.57. The van der Waals surface area contributed by atoms with Crippen molar-refractivity contribution in [2.45, 2.75) is 17.5 Å². The second-order valence-corrected chi connectivity index (χ2v) is 15.2. The first-order chi connectivity index (χ1) is 9.29. The van der Waals surface area contributed by atoms with E-state index in [0.29, 0.717) is 0 Å². The fourth-order valence-corrected chi connectivity index (χ4v) is 11.8. The molecule has 0 heterocycles. The Labute approximate surface area is 144 Å². The van der Waals surface area contributed by atoms with Gasteiger partial charge in [-0.25, -0.2) is 0 Å². The number of halogens is 2. The molecule has 0 atom stereocenters. The van der Waals surface area contributed by atoms with Crippen molar-refractivity contribution in [3.8, 4) is 0 Å². The number of benzene rings is 1. The van der Waals surface area contributed by atoms with Crippen LogP contribution in [-0.2, 0) is 19.8 Å². The second kappa shape index (κ2) is 8.23. The number of allylic oxidation sites excluding steroid dienone is 8. The quantitative estimate of drug-likeness (QED) is 0.623. The zero-order valence-corrected chi connectivity index (χ0v) is 16.2. The van der Waals surface area contributed by atoms with Crippen LogP contribution in [0.25, 0.3) is 0 Å². The molecule has 0 saturated heterocycles. The Bertz CT molecular complexity index is 615. The van der Waals surface area contributed by atoms with Crippen LogP contribution < -0.4 is 0 Å².